The average Bonchev–Trinajstić information content (AvgIpc) is 2.41. The van der Waals surface area contributed by atoms with Crippen molar-refractivity contribution in [1.82, 2.24) is 13.9 Å². The Hall–Kier alpha value is -1.23. The minimum atomic E-state index is -0.0220. The average molecular weight is 181 g/mol. The number of nitrogens with zero attached hydrogens (tertiary/aromatic N) is 3. The highest BCUT2D eigenvalue weighted by molar-refractivity contribution is 7.12. The Balaban J connectivity index is 3.06. The van der Waals surface area contributed by atoms with Crippen molar-refractivity contribution in [3.63, 3.8) is 0 Å². The lowest BCUT2D eigenvalue weighted by Crippen LogP contribution is -2.16. The molecule has 2 aromatic rings. The van der Waals surface area contributed by atoms with Crippen LogP contribution in [0.1, 0.15) is 5.69 Å². The monoisotopic (exact) mass is 181 g/mol. The molecule has 0 aliphatic carbocycles. The van der Waals surface area contributed by atoms with Crippen molar-refractivity contribution in [2.24, 2.45) is 7.05 Å². The smallest absolute Gasteiger partial charge is 0.263 e. The van der Waals surface area contributed by atoms with E-state index in [1.54, 1.807) is 7.05 Å². The van der Waals surface area contributed by atoms with Crippen molar-refractivity contribution in [3.8, 4) is 0 Å². The molecule has 0 aliphatic heterocycles. The minimum Gasteiger partial charge on any atom is -0.302 e. The van der Waals surface area contributed by atoms with Gasteiger partial charge in [-0.15, -0.1) is 0 Å². The summed E-state index contributed by atoms with van der Waals surface area (Å²) < 4.78 is 5.53. The molecule has 2 aromatic heterocycles. The number of fused-ring (bicyclic) bond motifs is 1. The second kappa shape index (κ2) is 2.38. The molecule has 0 fully saturated rings. The maximum Gasteiger partial charge on any atom is 0.263 e. The van der Waals surface area contributed by atoms with Crippen LogP contribution in [-0.2, 0) is 7.05 Å². The fourth-order valence-corrected chi connectivity index (χ4v) is 1.80. The molecule has 0 amide bonds. The first-order chi connectivity index (χ1) is 5.70. The molecule has 62 valence electrons. The number of hydrogen-bond acceptors (Lipinski definition) is 4. The van der Waals surface area contributed by atoms with Gasteiger partial charge >= 0.3 is 0 Å². The molecule has 0 spiro atoms. The lowest BCUT2D eigenvalue weighted by molar-refractivity contribution is 0.843. The predicted octanol–water partition coefficient (Wildman–Crippen LogP) is 0.698. The van der Waals surface area contributed by atoms with Gasteiger partial charge in [-0.2, -0.15) is 4.37 Å². The second-order valence-corrected chi connectivity index (χ2v) is 3.36. The number of hydrogen-bond donors (Lipinski definition) is 0. The Bertz CT molecular complexity index is 485. The fraction of sp³-hybridized carbons (Fsp3) is 0.286. The van der Waals surface area contributed by atoms with Gasteiger partial charge in [0.05, 0.1) is 17.4 Å². The van der Waals surface area contributed by atoms with Crippen molar-refractivity contribution < 1.29 is 0 Å². The summed E-state index contributed by atoms with van der Waals surface area (Å²) in [6.45, 7) is 1.82. The van der Waals surface area contributed by atoms with Crippen LogP contribution in [0.15, 0.2) is 11.1 Å². The molecule has 0 atom stereocenters. The molecule has 0 bridgehead atoms. The van der Waals surface area contributed by atoms with Crippen LogP contribution in [0.5, 0.6) is 0 Å². The largest absolute Gasteiger partial charge is 0.302 e. The Labute approximate surface area is 72.7 Å². The molecular formula is C7H7N3OS. The Kier molecular flexibility index (Phi) is 1.47. The van der Waals surface area contributed by atoms with Crippen LogP contribution in [-0.4, -0.2) is 13.9 Å². The maximum absolute atomic E-state index is 11.5. The summed E-state index contributed by atoms with van der Waals surface area (Å²) in [7, 11) is 1.69. The molecule has 0 radical (unpaired) electrons. The predicted molar refractivity (Wildman–Crippen MR) is 47.4 cm³/mol. The van der Waals surface area contributed by atoms with Gasteiger partial charge in [-0.25, -0.2) is 4.98 Å². The first-order valence-electron chi connectivity index (χ1n) is 3.48. The second-order valence-electron chi connectivity index (χ2n) is 2.61. The van der Waals surface area contributed by atoms with E-state index in [2.05, 4.69) is 9.36 Å². The van der Waals surface area contributed by atoms with Crippen LogP contribution in [0, 0.1) is 6.92 Å². The van der Waals surface area contributed by atoms with E-state index in [4.69, 9.17) is 0 Å². The van der Waals surface area contributed by atoms with Gasteiger partial charge < -0.3 is 4.57 Å². The van der Waals surface area contributed by atoms with E-state index in [1.807, 2.05) is 6.92 Å². The van der Waals surface area contributed by atoms with E-state index in [0.29, 0.717) is 5.39 Å². The van der Waals surface area contributed by atoms with Crippen LogP contribution in [0.3, 0.4) is 0 Å². The zero-order valence-electron chi connectivity index (χ0n) is 6.74. The van der Waals surface area contributed by atoms with E-state index in [9.17, 15) is 4.79 Å². The summed E-state index contributed by atoms with van der Waals surface area (Å²) in [5, 5.41) is 0.644. The molecule has 0 unspecified atom stereocenters. The highest BCUT2D eigenvalue weighted by atomic mass is 32.1. The summed E-state index contributed by atoms with van der Waals surface area (Å²) in [5.41, 5.74) is 0.745. The zero-order chi connectivity index (χ0) is 8.72. The van der Waals surface area contributed by atoms with Crippen molar-refractivity contribution >= 4 is 21.7 Å². The van der Waals surface area contributed by atoms with E-state index in [1.165, 1.54) is 22.4 Å². The summed E-state index contributed by atoms with van der Waals surface area (Å²) >= 11 is 1.26. The van der Waals surface area contributed by atoms with Crippen molar-refractivity contribution in [1.29, 1.82) is 0 Å². The maximum atomic E-state index is 11.5. The van der Waals surface area contributed by atoms with E-state index in [0.717, 1.165) is 10.5 Å². The summed E-state index contributed by atoms with van der Waals surface area (Å²) in [5.74, 6) is 0. The van der Waals surface area contributed by atoms with Gasteiger partial charge in [0.15, 0.2) is 4.83 Å². The summed E-state index contributed by atoms with van der Waals surface area (Å²) in [6, 6.07) is 0. The quantitative estimate of drug-likeness (QED) is 0.601. The lowest BCUT2D eigenvalue weighted by atomic mass is 10.3. The van der Waals surface area contributed by atoms with Crippen LogP contribution in [0.2, 0.25) is 0 Å². The van der Waals surface area contributed by atoms with Gasteiger partial charge in [0.2, 0.25) is 0 Å². The SMILES string of the molecule is Cc1nsc2ncn(C)c(=O)c12. The molecule has 12 heavy (non-hydrogen) atoms. The molecule has 4 nitrogen and oxygen atoms in total. The molecule has 0 saturated heterocycles. The Morgan fingerprint density at radius 3 is 3.08 bits per heavy atom. The highest BCUT2D eigenvalue weighted by Crippen LogP contribution is 2.14. The van der Waals surface area contributed by atoms with Gasteiger partial charge in [-0.1, -0.05) is 0 Å². The third-order valence-corrected chi connectivity index (χ3v) is 2.57. The molecule has 5 heteroatoms. The van der Waals surface area contributed by atoms with Crippen molar-refractivity contribution in [3.05, 3.63) is 22.4 Å². The van der Waals surface area contributed by atoms with Gasteiger partial charge in [-0.05, 0) is 18.5 Å². The van der Waals surface area contributed by atoms with Gasteiger partial charge in [0, 0.05) is 7.05 Å². The third-order valence-electron chi connectivity index (χ3n) is 1.73. The first-order valence-corrected chi connectivity index (χ1v) is 4.25. The highest BCUT2D eigenvalue weighted by Gasteiger charge is 2.07. The Morgan fingerprint density at radius 1 is 1.58 bits per heavy atom. The standard InChI is InChI=1S/C7H7N3OS/c1-4-5-6(12-9-4)8-3-10(2)7(5)11/h3H,1-2H3. The first kappa shape index (κ1) is 7.42. The van der Waals surface area contributed by atoms with Crippen molar-refractivity contribution in [2.75, 3.05) is 0 Å². The number of aromatic nitrogens is 3. The molecule has 0 saturated carbocycles. The van der Waals surface area contributed by atoms with E-state index < -0.39 is 0 Å². The zero-order valence-corrected chi connectivity index (χ0v) is 7.55. The molecule has 0 aromatic carbocycles. The van der Waals surface area contributed by atoms with Gasteiger partial charge in [-0.3, -0.25) is 4.79 Å². The van der Waals surface area contributed by atoms with Crippen LogP contribution in [0.4, 0.5) is 0 Å². The molecule has 2 heterocycles. The van der Waals surface area contributed by atoms with Crippen molar-refractivity contribution in [2.45, 2.75) is 6.92 Å². The third kappa shape index (κ3) is 0.863. The van der Waals surface area contributed by atoms with E-state index in [-0.39, 0.29) is 5.56 Å². The molecular weight excluding hydrogens is 174 g/mol. The summed E-state index contributed by atoms with van der Waals surface area (Å²) in [6.07, 6.45) is 1.52. The fourth-order valence-electron chi connectivity index (χ4n) is 1.06. The lowest BCUT2D eigenvalue weighted by Gasteiger charge is -1.93. The minimum absolute atomic E-state index is 0.0220. The normalized spacial score (nSPS) is 10.8. The molecule has 0 aliphatic rings. The van der Waals surface area contributed by atoms with Gasteiger partial charge in [0.25, 0.3) is 5.56 Å². The summed E-state index contributed by atoms with van der Waals surface area (Å²) in [4.78, 5) is 16.3. The number of rotatable bonds is 0. The van der Waals surface area contributed by atoms with Gasteiger partial charge in [0.1, 0.15) is 0 Å². The molecule has 0 N–H and O–H groups in total. The molecule has 2 rings (SSSR count). The Morgan fingerprint density at radius 2 is 2.33 bits per heavy atom. The van der Waals surface area contributed by atoms with Crippen LogP contribution in [0.25, 0.3) is 10.2 Å². The number of aryl methyl sites for hydroxylation is 2. The topological polar surface area (TPSA) is 47.8 Å². The van der Waals surface area contributed by atoms with Crippen LogP contribution >= 0.6 is 11.5 Å². The van der Waals surface area contributed by atoms with Crippen LogP contribution < -0.4 is 5.56 Å². The van der Waals surface area contributed by atoms with E-state index >= 15 is 0 Å².